The second kappa shape index (κ2) is 11.9. The standard InChI is InChI=1S/C25H29Cl3N2O2/c1-17(25(32)29-20-8-3-2-4-9-20)30(16-18-11-13-22(27)23(28)15-18)24(31)14-12-19-7-5-6-10-21(19)26/h5-7,10-11,13,15,17,20H,2-4,8-9,12,14,16H2,1H3,(H,29,32)/t17-/m0/s1. The van der Waals surface area contributed by atoms with Crippen molar-refractivity contribution in [3.63, 3.8) is 0 Å². The van der Waals surface area contributed by atoms with Gasteiger partial charge in [-0.2, -0.15) is 0 Å². The highest BCUT2D eigenvalue weighted by Gasteiger charge is 2.28. The van der Waals surface area contributed by atoms with E-state index in [-0.39, 0.29) is 30.8 Å². The molecule has 0 radical (unpaired) electrons. The lowest BCUT2D eigenvalue weighted by Gasteiger charge is -2.31. The van der Waals surface area contributed by atoms with Crippen molar-refractivity contribution in [3.8, 4) is 0 Å². The lowest BCUT2D eigenvalue weighted by molar-refractivity contribution is -0.141. The van der Waals surface area contributed by atoms with Crippen molar-refractivity contribution in [2.75, 3.05) is 0 Å². The minimum Gasteiger partial charge on any atom is -0.352 e. The highest BCUT2D eigenvalue weighted by Crippen LogP contribution is 2.25. The molecule has 4 nitrogen and oxygen atoms in total. The van der Waals surface area contributed by atoms with Crippen LogP contribution in [0.3, 0.4) is 0 Å². The van der Waals surface area contributed by atoms with Gasteiger partial charge in [0.2, 0.25) is 11.8 Å². The van der Waals surface area contributed by atoms with Crippen molar-refractivity contribution >= 4 is 46.6 Å². The van der Waals surface area contributed by atoms with Gasteiger partial charge in [0, 0.05) is 24.0 Å². The Kier molecular flexibility index (Phi) is 9.27. The van der Waals surface area contributed by atoms with E-state index in [0.29, 0.717) is 21.5 Å². The zero-order chi connectivity index (χ0) is 23.1. The summed E-state index contributed by atoms with van der Waals surface area (Å²) in [6.07, 6.45) is 6.22. The van der Waals surface area contributed by atoms with E-state index in [1.807, 2.05) is 30.3 Å². The Morgan fingerprint density at radius 2 is 1.72 bits per heavy atom. The van der Waals surface area contributed by atoms with E-state index in [4.69, 9.17) is 34.8 Å². The lowest BCUT2D eigenvalue weighted by atomic mass is 9.95. The number of carbonyl (C=O) groups is 2. The highest BCUT2D eigenvalue weighted by molar-refractivity contribution is 6.42. The Morgan fingerprint density at radius 3 is 2.41 bits per heavy atom. The summed E-state index contributed by atoms with van der Waals surface area (Å²) in [5.41, 5.74) is 1.74. The van der Waals surface area contributed by atoms with Crippen molar-refractivity contribution in [2.45, 2.75) is 70.5 Å². The Balaban J connectivity index is 1.74. The summed E-state index contributed by atoms with van der Waals surface area (Å²) in [5, 5.41) is 4.66. The molecular weight excluding hydrogens is 467 g/mol. The second-order valence-electron chi connectivity index (χ2n) is 8.38. The fourth-order valence-corrected chi connectivity index (χ4v) is 4.62. The van der Waals surface area contributed by atoms with Crippen LogP contribution >= 0.6 is 34.8 Å². The molecule has 0 aromatic heterocycles. The largest absolute Gasteiger partial charge is 0.352 e. The van der Waals surface area contributed by atoms with Gasteiger partial charge in [-0.1, -0.05) is 78.3 Å². The first kappa shape index (κ1) is 24.9. The topological polar surface area (TPSA) is 49.4 Å². The van der Waals surface area contributed by atoms with E-state index in [1.54, 1.807) is 24.0 Å². The molecule has 0 heterocycles. The van der Waals surface area contributed by atoms with E-state index in [0.717, 1.165) is 36.8 Å². The van der Waals surface area contributed by atoms with Gasteiger partial charge >= 0.3 is 0 Å². The molecule has 0 saturated heterocycles. The molecule has 1 aliphatic carbocycles. The molecule has 1 fully saturated rings. The summed E-state index contributed by atoms with van der Waals surface area (Å²) >= 11 is 18.5. The molecule has 172 valence electrons. The quantitative estimate of drug-likeness (QED) is 0.458. The predicted octanol–water partition coefficient (Wildman–Crippen LogP) is 6.45. The van der Waals surface area contributed by atoms with E-state index < -0.39 is 6.04 Å². The zero-order valence-corrected chi connectivity index (χ0v) is 20.5. The molecule has 1 atom stereocenters. The smallest absolute Gasteiger partial charge is 0.242 e. The number of hydrogen-bond donors (Lipinski definition) is 1. The number of rotatable bonds is 8. The first-order chi connectivity index (χ1) is 15.3. The number of carbonyl (C=O) groups excluding carboxylic acids is 2. The van der Waals surface area contributed by atoms with Crippen LogP contribution in [0.4, 0.5) is 0 Å². The second-order valence-corrected chi connectivity index (χ2v) is 9.60. The van der Waals surface area contributed by atoms with Crippen LogP contribution in [0.25, 0.3) is 0 Å². The minimum absolute atomic E-state index is 0.109. The average molecular weight is 496 g/mol. The van der Waals surface area contributed by atoms with E-state index in [9.17, 15) is 9.59 Å². The SMILES string of the molecule is C[C@@H](C(=O)NC1CCCCC1)N(Cc1ccc(Cl)c(Cl)c1)C(=O)CCc1ccccc1Cl. The highest BCUT2D eigenvalue weighted by atomic mass is 35.5. The number of amides is 2. The Bertz CT molecular complexity index is 945. The molecule has 0 bridgehead atoms. The third-order valence-electron chi connectivity index (χ3n) is 6.02. The fourth-order valence-electron chi connectivity index (χ4n) is 4.07. The Morgan fingerprint density at radius 1 is 1.00 bits per heavy atom. The third kappa shape index (κ3) is 6.87. The summed E-state index contributed by atoms with van der Waals surface area (Å²) < 4.78 is 0. The Labute approximate surface area is 205 Å². The third-order valence-corrected chi connectivity index (χ3v) is 7.13. The molecule has 0 aliphatic heterocycles. The summed E-state index contributed by atoms with van der Waals surface area (Å²) in [5.74, 6) is -0.231. The van der Waals surface area contributed by atoms with Crippen LogP contribution in [0, 0.1) is 0 Å². The van der Waals surface area contributed by atoms with E-state index >= 15 is 0 Å². The summed E-state index contributed by atoms with van der Waals surface area (Å²) in [7, 11) is 0. The van der Waals surface area contributed by atoms with Gasteiger partial charge in [-0.25, -0.2) is 0 Å². The van der Waals surface area contributed by atoms with E-state index in [2.05, 4.69) is 5.32 Å². The molecule has 1 saturated carbocycles. The van der Waals surface area contributed by atoms with Crippen molar-refractivity contribution in [1.29, 1.82) is 0 Å². The van der Waals surface area contributed by atoms with Crippen LogP contribution < -0.4 is 5.32 Å². The van der Waals surface area contributed by atoms with Crippen molar-refractivity contribution in [2.24, 2.45) is 0 Å². The molecule has 1 aliphatic rings. The minimum atomic E-state index is -0.606. The molecule has 2 aromatic carbocycles. The molecule has 2 aromatic rings. The number of hydrogen-bond acceptors (Lipinski definition) is 2. The van der Waals surface area contributed by atoms with Gasteiger partial charge in [-0.15, -0.1) is 0 Å². The summed E-state index contributed by atoms with van der Waals surface area (Å²) in [6, 6.07) is 12.3. The zero-order valence-electron chi connectivity index (χ0n) is 18.3. The van der Waals surface area contributed by atoms with Crippen molar-refractivity contribution < 1.29 is 9.59 Å². The van der Waals surface area contributed by atoms with Crippen LogP contribution in [0.2, 0.25) is 15.1 Å². The van der Waals surface area contributed by atoms with Gasteiger partial charge in [0.05, 0.1) is 10.0 Å². The summed E-state index contributed by atoms with van der Waals surface area (Å²) in [4.78, 5) is 27.9. The first-order valence-corrected chi connectivity index (χ1v) is 12.3. The van der Waals surface area contributed by atoms with Gasteiger partial charge in [-0.3, -0.25) is 9.59 Å². The van der Waals surface area contributed by atoms with Gasteiger partial charge < -0.3 is 10.2 Å². The monoisotopic (exact) mass is 494 g/mol. The predicted molar refractivity (Wildman–Crippen MR) is 131 cm³/mol. The molecular formula is C25H29Cl3N2O2. The maximum Gasteiger partial charge on any atom is 0.242 e. The van der Waals surface area contributed by atoms with Gasteiger partial charge in [-0.05, 0) is 55.5 Å². The summed E-state index contributed by atoms with van der Waals surface area (Å²) in [6.45, 7) is 2.06. The molecule has 2 amide bonds. The van der Waals surface area contributed by atoms with Crippen molar-refractivity contribution in [3.05, 3.63) is 68.7 Å². The maximum absolute atomic E-state index is 13.3. The van der Waals surface area contributed by atoms with E-state index in [1.165, 1.54) is 6.42 Å². The van der Waals surface area contributed by atoms with Crippen LogP contribution in [-0.4, -0.2) is 28.8 Å². The van der Waals surface area contributed by atoms with Crippen LogP contribution in [0.5, 0.6) is 0 Å². The molecule has 7 heteroatoms. The van der Waals surface area contributed by atoms with Gasteiger partial charge in [0.1, 0.15) is 6.04 Å². The molecule has 1 N–H and O–H groups in total. The number of nitrogens with one attached hydrogen (secondary N) is 1. The molecule has 32 heavy (non-hydrogen) atoms. The Hall–Kier alpha value is -1.75. The molecule has 3 rings (SSSR count). The number of benzene rings is 2. The number of halogens is 3. The lowest BCUT2D eigenvalue weighted by Crippen LogP contribution is -2.50. The first-order valence-electron chi connectivity index (χ1n) is 11.1. The maximum atomic E-state index is 13.3. The number of aryl methyl sites for hydroxylation is 1. The van der Waals surface area contributed by atoms with Crippen LogP contribution in [-0.2, 0) is 22.6 Å². The average Bonchev–Trinajstić information content (AvgIpc) is 2.79. The van der Waals surface area contributed by atoms with Crippen molar-refractivity contribution in [1.82, 2.24) is 10.2 Å². The number of nitrogens with zero attached hydrogens (tertiary/aromatic N) is 1. The molecule has 0 unspecified atom stereocenters. The fraction of sp³-hybridized carbons (Fsp3) is 0.440. The van der Waals surface area contributed by atoms with Gasteiger partial charge in [0.15, 0.2) is 0 Å². The van der Waals surface area contributed by atoms with Gasteiger partial charge in [0.25, 0.3) is 0 Å². The van der Waals surface area contributed by atoms with Crippen LogP contribution in [0.15, 0.2) is 42.5 Å². The molecule has 0 spiro atoms. The van der Waals surface area contributed by atoms with Crippen LogP contribution in [0.1, 0.15) is 56.6 Å². The normalized spacial score (nSPS) is 15.2.